The van der Waals surface area contributed by atoms with Gasteiger partial charge in [-0.15, -0.1) is 0 Å². The van der Waals surface area contributed by atoms with Gasteiger partial charge in [-0.25, -0.2) is 5.90 Å². The minimum Gasteiger partial charge on any atom is -0.380 e. The van der Waals surface area contributed by atoms with Crippen LogP contribution in [0.4, 0.5) is 0 Å². The molecule has 0 amide bonds. The van der Waals surface area contributed by atoms with Crippen molar-refractivity contribution in [1.82, 2.24) is 10.6 Å². The van der Waals surface area contributed by atoms with Crippen molar-refractivity contribution in [1.29, 1.82) is 0 Å². The molecule has 0 spiro atoms. The van der Waals surface area contributed by atoms with Gasteiger partial charge in [0.15, 0.2) is 6.23 Å². The Bertz CT molecular complexity index is 146. The van der Waals surface area contributed by atoms with Crippen LogP contribution in [0.1, 0.15) is 13.8 Å². The molecule has 10 heavy (non-hydrogen) atoms. The van der Waals surface area contributed by atoms with Gasteiger partial charge in [0, 0.05) is 11.9 Å². The monoisotopic (exact) mass is 143 g/mol. The molecule has 2 atom stereocenters. The standard InChI is InChI=1S/C6H13N3O/c1-4-3-8-6(10-7)5(2)9-4/h3,5-6,8-9H,7H2,1-2H3. The predicted molar refractivity (Wildman–Crippen MR) is 38.6 cm³/mol. The van der Waals surface area contributed by atoms with Gasteiger partial charge in [0.1, 0.15) is 0 Å². The Morgan fingerprint density at radius 3 is 2.90 bits per heavy atom. The van der Waals surface area contributed by atoms with Gasteiger partial charge in [-0.05, 0) is 13.8 Å². The third-order valence-electron chi connectivity index (χ3n) is 1.52. The summed E-state index contributed by atoms with van der Waals surface area (Å²) in [4.78, 5) is 4.63. The van der Waals surface area contributed by atoms with E-state index in [9.17, 15) is 0 Å². The maximum atomic E-state index is 5.01. The Kier molecular flexibility index (Phi) is 2.13. The molecule has 0 bridgehead atoms. The summed E-state index contributed by atoms with van der Waals surface area (Å²) in [7, 11) is 0. The fourth-order valence-electron chi connectivity index (χ4n) is 0.985. The van der Waals surface area contributed by atoms with Crippen LogP contribution in [0.3, 0.4) is 0 Å². The molecule has 0 radical (unpaired) electrons. The van der Waals surface area contributed by atoms with Gasteiger partial charge < -0.3 is 10.6 Å². The van der Waals surface area contributed by atoms with Crippen molar-refractivity contribution in [3.63, 3.8) is 0 Å². The molecule has 0 aromatic rings. The van der Waals surface area contributed by atoms with E-state index >= 15 is 0 Å². The first-order valence-corrected chi connectivity index (χ1v) is 3.29. The highest BCUT2D eigenvalue weighted by Crippen LogP contribution is 2.01. The lowest BCUT2D eigenvalue weighted by molar-refractivity contribution is 0.0131. The molecule has 4 heteroatoms. The molecule has 0 aromatic carbocycles. The zero-order valence-electron chi connectivity index (χ0n) is 6.22. The fraction of sp³-hybridized carbons (Fsp3) is 0.667. The van der Waals surface area contributed by atoms with Crippen molar-refractivity contribution in [2.45, 2.75) is 26.1 Å². The van der Waals surface area contributed by atoms with Gasteiger partial charge >= 0.3 is 0 Å². The van der Waals surface area contributed by atoms with Crippen LogP contribution in [0.2, 0.25) is 0 Å². The molecule has 4 nitrogen and oxygen atoms in total. The molecular formula is C6H13N3O. The quantitative estimate of drug-likeness (QED) is 0.439. The van der Waals surface area contributed by atoms with Crippen molar-refractivity contribution in [2.75, 3.05) is 0 Å². The third kappa shape index (κ3) is 1.40. The van der Waals surface area contributed by atoms with E-state index in [0.717, 1.165) is 5.70 Å². The van der Waals surface area contributed by atoms with Crippen molar-refractivity contribution in [3.05, 3.63) is 11.9 Å². The molecule has 2 unspecified atom stereocenters. The molecular weight excluding hydrogens is 130 g/mol. The highest BCUT2D eigenvalue weighted by atomic mass is 16.6. The Labute approximate surface area is 60.4 Å². The molecule has 0 fully saturated rings. The van der Waals surface area contributed by atoms with Crippen LogP contribution >= 0.6 is 0 Å². The predicted octanol–water partition coefficient (Wildman–Crippen LogP) is -0.355. The van der Waals surface area contributed by atoms with E-state index in [2.05, 4.69) is 15.5 Å². The second-order valence-corrected chi connectivity index (χ2v) is 2.48. The highest BCUT2D eigenvalue weighted by Gasteiger charge is 2.18. The molecule has 58 valence electrons. The lowest BCUT2D eigenvalue weighted by Crippen LogP contribution is -2.50. The van der Waals surface area contributed by atoms with Gasteiger partial charge in [-0.1, -0.05) is 0 Å². The van der Waals surface area contributed by atoms with Crippen molar-refractivity contribution < 1.29 is 4.84 Å². The number of nitrogens with one attached hydrogen (secondary N) is 2. The Balaban J connectivity index is 2.52. The van der Waals surface area contributed by atoms with Crippen LogP contribution in [0, 0.1) is 0 Å². The topological polar surface area (TPSA) is 59.3 Å². The molecule has 0 saturated heterocycles. The summed E-state index contributed by atoms with van der Waals surface area (Å²) >= 11 is 0. The molecule has 1 heterocycles. The zero-order chi connectivity index (χ0) is 7.56. The average molecular weight is 143 g/mol. The second kappa shape index (κ2) is 2.90. The van der Waals surface area contributed by atoms with Gasteiger partial charge in [-0.3, -0.25) is 4.84 Å². The summed E-state index contributed by atoms with van der Waals surface area (Å²) in [5.41, 5.74) is 1.10. The van der Waals surface area contributed by atoms with E-state index in [-0.39, 0.29) is 12.3 Å². The Hall–Kier alpha value is -0.740. The van der Waals surface area contributed by atoms with Gasteiger partial charge in [0.05, 0.1) is 6.04 Å². The number of nitrogens with two attached hydrogens (primary N) is 1. The molecule has 4 N–H and O–H groups in total. The van der Waals surface area contributed by atoms with Gasteiger partial charge in [0.2, 0.25) is 0 Å². The Morgan fingerprint density at radius 2 is 2.40 bits per heavy atom. The summed E-state index contributed by atoms with van der Waals surface area (Å²) in [5.74, 6) is 5.01. The average Bonchev–Trinajstić information content (AvgIpc) is 1.88. The summed E-state index contributed by atoms with van der Waals surface area (Å²) in [6.45, 7) is 3.98. The van der Waals surface area contributed by atoms with Crippen LogP contribution in [0.15, 0.2) is 11.9 Å². The van der Waals surface area contributed by atoms with Crippen LogP contribution in [-0.4, -0.2) is 12.3 Å². The second-order valence-electron chi connectivity index (χ2n) is 2.48. The largest absolute Gasteiger partial charge is 0.380 e. The van der Waals surface area contributed by atoms with Gasteiger partial charge in [0.25, 0.3) is 0 Å². The first-order chi connectivity index (χ1) is 4.74. The molecule has 0 aliphatic carbocycles. The smallest absolute Gasteiger partial charge is 0.167 e. The summed E-state index contributed by atoms with van der Waals surface area (Å²) in [6, 6.07) is 0.218. The van der Waals surface area contributed by atoms with Crippen molar-refractivity contribution >= 4 is 0 Å². The molecule has 1 aliphatic rings. The van der Waals surface area contributed by atoms with Crippen molar-refractivity contribution in [2.24, 2.45) is 5.90 Å². The summed E-state index contributed by atoms with van der Waals surface area (Å²) in [6.07, 6.45) is 1.72. The van der Waals surface area contributed by atoms with Crippen LogP contribution in [0.25, 0.3) is 0 Å². The maximum Gasteiger partial charge on any atom is 0.167 e. The summed E-state index contributed by atoms with van der Waals surface area (Å²) in [5, 5.41) is 6.17. The van der Waals surface area contributed by atoms with Crippen LogP contribution < -0.4 is 16.5 Å². The van der Waals surface area contributed by atoms with E-state index in [0.29, 0.717) is 0 Å². The summed E-state index contributed by atoms with van der Waals surface area (Å²) < 4.78 is 0. The maximum absolute atomic E-state index is 5.01. The number of hydrogen-bond acceptors (Lipinski definition) is 4. The molecule has 1 aliphatic heterocycles. The first kappa shape index (κ1) is 7.37. The minimum atomic E-state index is -0.122. The highest BCUT2D eigenvalue weighted by molar-refractivity contribution is 5.01. The van der Waals surface area contributed by atoms with E-state index < -0.39 is 0 Å². The minimum absolute atomic E-state index is 0.122. The zero-order valence-corrected chi connectivity index (χ0v) is 6.22. The normalized spacial score (nSPS) is 32.1. The van der Waals surface area contributed by atoms with Crippen molar-refractivity contribution in [3.8, 4) is 0 Å². The molecule has 0 aromatic heterocycles. The molecule has 0 saturated carbocycles. The number of rotatable bonds is 1. The van der Waals surface area contributed by atoms with E-state index in [1.807, 2.05) is 20.0 Å². The lowest BCUT2D eigenvalue weighted by Gasteiger charge is -2.28. The SMILES string of the molecule is CC1=CNC(ON)C(C)N1. The lowest BCUT2D eigenvalue weighted by atomic mass is 10.2. The third-order valence-corrected chi connectivity index (χ3v) is 1.52. The van der Waals surface area contributed by atoms with Crippen LogP contribution in [-0.2, 0) is 4.84 Å². The molecule has 1 rings (SSSR count). The van der Waals surface area contributed by atoms with E-state index in [1.165, 1.54) is 0 Å². The van der Waals surface area contributed by atoms with Gasteiger partial charge in [-0.2, -0.15) is 0 Å². The number of allylic oxidation sites excluding steroid dienone is 1. The van der Waals surface area contributed by atoms with E-state index in [1.54, 1.807) is 0 Å². The number of hydrogen-bond donors (Lipinski definition) is 3. The fourth-order valence-corrected chi connectivity index (χ4v) is 0.985. The van der Waals surface area contributed by atoms with Crippen LogP contribution in [0.5, 0.6) is 0 Å². The Morgan fingerprint density at radius 1 is 1.70 bits per heavy atom. The van der Waals surface area contributed by atoms with E-state index in [4.69, 9.17) is 5.90 Å². The first-order valence-electron chi connectivity index (χ1n) is 3.29.